The highest BCUT2D eigenvalue weighted by atomic mass is 16.6. The number of aldehydes is 1. The zero-order valence-corrected chi connectivity index (χ0v) is 28.2. The predicted octanol–water partition coefficient (Wildman–Crippen LogP) is 5.20. The molecule has 2 saturated carbocycles. The summed E-state index contributed by atoms with van der Waals surface area (Å²) >= 11 is 0. The largest absolute Gasteiger partial charge is 0.472 e. The summed E-state index contributed by atoms with van der Waals surface area (Å²) in [5.41, 5.74) is 0.304. The van der Waals surface area contributed by atoms with Crippen LogP contribution >= 0.6 is 0 Å². The van der Waals surface area contributed by atoms with Crippen molar-refractivity contribution in [1.82, 2.24) is 0 Å². The number of aliphatic hydroxyl groups is 1. The Labute approximate surface area is 280 Å². The summed E-state index contributed by atoms with van der Waals surface area (Å²) in [4.78, 5) is 52.9. The zero-order chi connectivity index (χ0) is 34.6. The Morgan fingerprint density at radius 3 is 2.42 bits per heavy atom. The fourth-order valence-corrected chi connectivity index (χ4v) is 9.98. The Hall–Kier alpha value is -4.02. The minimum Gasteiger partial charge on any atom is -0.472 e. The van der Waals surface area contributed by atoms with E-state index in [1.807, 2.05) is 50.2 Å². The van der Waals surface area contributed by atoms with E-state index < -0.39 is 70.4 Å². The SMILES string of the molecule is COC(=O)C[C@@H]1[C@]2(C)C3=C(C)[C@H](c4ccoc4)C[C@H]3O[C@@H]2[C@H](OC(C)=O)[C@H]2[C@](C)(C=O)[C@H](O)C[C@H](OC(=O)/C=C/c3ccccc3)[C@]12C. The van der Waals surface area contributed by atoms with Crippen LogP contribution in [0.1, 0.15) is 70.9 Å². The lowest BCUT2D eigenvalue weighted by Crippen LogP contribution is -2.73. The molecule has 0 bridgehead atoms. The number of esters is 3. The number of carbonyl (C=O) groups is 4. The smallest absolute Gasteiger partial charge is 0.331 e. The van der Waals surface area contributed by atoms with Crippen LogP contribution in [0.2, 0.25) is 0 Å². The Balaban J connectivity index is 1.54. The Morgan fingerprint density at radius 1 is 1.06 bits per heavy atom. The number of allylic oxidation sites excluding steroid dienone is 1. The first-order valence-electron chi connectivity index (χ1n) is 16.5. The van der Waals surface area contributed by atoms with E-state index in [1.165, 1.54) is 20.1 Å². The third-order valence-electron chi connectivity index (χ3n) is 12.1. The van der Waals surface area contributed by atoms with Gasteiger partial charge < -0.3 is 33.3 Å². The lowest BCUT2D eigenvalue weighted by atomic mass is 9.39. The zero-order valence-electron chi connectivity index (χ0n) is 28.2. The summed E-state index contributed by atoms with van der Waals surface area (Å²) in [6.45, 7) is 8.91. The van der Waals surface area contributed by atoms with Gasteiger partial charge in [0.05, 0.1) is 37.3 Å². The van der Waals surface area contributed by atoms with Gasteiger partial charge in [0.15, 0.2) is 0 Å². The molecule has 1 aromatic carbocycles. The Morgan fingerprint density at radius 2 is 1.79 bits per heavy atom. The Kier molecular flexibility index (Phi) is 8.79. The van der Waals surface area contributed by atoms with Crippen LogP contribution in [-0.2, 0) is 38.1 Å². The summed E-state index contributed by atoms with van der Waals surface area (Å²) in [7, 11) is 1.32. The molecule has 256 valence electrons. The minimum atomic E-state index is -1.45. The number of fused-ring (bicyclic) bond motifs is 4. The molecule has 0 spiro atoms. The third-order valence-corrected chi connectivity index (χ3v) is 12.1. The molecule has 1 saturated heterocycles. The van der Waals surface area contributed by atoms with Crippen LogP contribution in [0.25, 0.3) is 6.08 Å². The maximum atomic E-state index is 13.5. The van der Waals surface area contributed by atoms with Gasteiger partial charge in [-0.15, -0.1) is 0 Å². The second-order valence-corrected chi connectivity index (χ2v) is 14.4. The van der Waals surface area contributed by atoms with E-state index in [4.69, 9.17) is 23.4 Å². The van der Waals surface area contributed by atoms with E-state index in [0.29, 0.717) is 12.7 Å². The van der Waals surface area contributed by atoms with Gasteiger partial charge in [-0.3, -0.25) is 9.59 Å². The first-order chi connectivity index (χ1) is 22.8. The average molecular weight is 661 g/mol. The number of carbonyl (C=O) groups excluding carboxylic acids is 4. The van der Waals surface area contributed by atoms with Crippen LogP contribution in [0.15, 0.2) is 70.6 Å². The molecule has 6 rings (SSSR count). The molecule has 0 radical (unpaired) electrons. The van der Waals surface area contributed by atoms with Crippen molar-refractivity contribution in [1.29, 1.82) is 0 Å². The molecule has 11 atom stereocenters. The maximum Gasteiger partial charge on any atom is 0.331 e. The van der Waals surface area contributed by atoms with E-state index >= 15 is 0 Å². The van der Waals surface area contributed by atoms with Crippen molar-refractivity contribution in [3.63, 3.8) is 0 Å². The van der Waals surface area contributed by atoms with E-state index in [9.17, 15) is 24.3 Å². The molecule has 1 aromatic heterocycles. The van der Waals surface area contributed by atoms with Gasteiger partial charge in [-0.2, -0.15) is 0 Å². The second kappa shape index (κ2) is 12.5. The number of methoxy groups -OCH3 is 1. The number of hydrogen-bond donors (Lipinski definition) is 1. The van der Waals surface area contributed by atoms with Crippen LogP contribution in [-0.4, -0.2) is 66.9 Å². The summed E-state index contributed by atoms with van der Waals surface area (Å²) in [6, 6.07) is 11.2. The highest BCUT2D eigenvalue weighted by molar-refractivity contribution is 5.87. The number of furan rings is 1. The standard InChI is InChI=1S/C38H44O10/c1-21-25(24-14-15-45-19-24)16-26-32(21)38(5)27(17-31(43)44-6)37(4)29(48-30(42)13-12-23-10-8-7-9-11-23)18-28(41)36(3,20-39)34(37)33(35(38)47-26)46-22(2)40/h7-15,19-20,25-29,33-35,41H,16-18H2,1-6H3/b13-12+/t25-,26-,27+,28-,29+,33-,34+,35-,36-,37+,38-/m1/s1. The molecule has 10 nitrogen and oxygen atoms in total. The van der Waals surface area contributed by atoms with Crippen LogP contribution in [0, 0.1) is 28.1 Å². The lowest BCUT2D eigenvalue weighted by Gasteiger charge is -2.66. The molecule has 1 N–H and O–H groups in total. The minimum absolute atomic E-state index is 0.00294. The van der Waals surface area contributed by atoms with Gasteiger partial charge in [-0.05, 0) is 55.0 Å². The molecule has 2 heterocycles. The summed E-state index contributed by atoms with van der Waals surface area (Å²) in [6.07, 6.45) is 3.09. The molecule has 3 aliphatic carbocycles. The van der Waals surface area contributed by atoms with Crippen molar-refractivity contribution in [2.45, 2.75) is 90.3 Å². The van der Waals surface area contributed by atoms with Crippen LogP contribution < -0.4 is 0 Å². The van der Waals surface area contributed by atoms with Gasteiger partial charge in [-0.25, -0.2) is 4.79 Å². The number of benzene rings is 1. The number of aliphatic hydroxyl groups excluding tert-OH is 1. The highest BCUT2D eigenvalue weighted by Gasteiger charge is 2.76. The van der Waals surface area contributed by atoms with Crippen molar-refractivity contribution in [3.05, 3.63) is 77.3 Å². The topological polar surface area (TPSA) is 139 Å². The summed E-state index contributed by atoms with van der Waals surface area (Å²) < 4.78 is 29.9. The van der Waals surface area contributed by atoms with Crippen LogP contribution in [0.5, 0.6) is 0 Å². The van der Waals surface area contributed by atoms with Crippen molar-refractivity contribution < 1.29 is 47.6 Å². The number of hydrogen-bond acceptors (Lipinski definition) is 10. The highest BCUT2D eigenvalue weighted by Crippen LogP contribution is 2.72. The van der Waals surface area contributed by atoms with Gasteiger partial charge in [0.1, 0.15) is 24.6 Å². The van der Waals surface area contributed by atoms with Crippen LogP contribution in [0.3, 0.4) is 0 Å². The number of rotatable bonds is 8. The first-order valence-corrected chi connectivity index (χ1v) is 16.5. The predicted molar refractivity (Wildman–Crippen MR) is 173 cm³/mol. The quantitative estimate of drug-likeness (QED) is 0.132. The van der Waals surface area contributed by atoms with Gasteiger partial charge in [0.25, 0.3) is 0 Å². The maximum absolute atomic E-state index is 13.5. The Bertz CT molecular complexity index is 1630. The van der Waals surface area contributed by atoms with Crippen LogP contribution in [0.4, 0.5) is 0 Å². The monoisotopic (exact) mass is 660 g/mol. The van der Waals surface area contributed by atoms with Gasteiger partial charge >= 0.3 is 17.9 Å². The molecule has 48 heavy (non-hydrogen) atoms. The molecule has 3 fully saturated rings. The lowest BCUT2D eigenvalue weighted by molar-refractivity contribution is -0.279. The fourth-order valence-electron chi connectivity index (χ4n) is 9.98. The molecule has 4 aliphatic rings. The number of ether oxygens (including phenoxy) is 4. The van der Waals surface area contributed by atoms with Gasteiger partial charge in [0.2, 0.25) is 0 Å². The van der Waals surface area contributed by atoms with Crippen molar-refractivity contribution in [2.75, 3.05) is 7.11 Å². The second-order valence-electron chi connectivity index (χ2n) is 14.4. The van der Waals surface area contributed by atoms with Gasteiger partial charge in [-0.1, -0.05) is 49.8 Å². The average Bonchev–Trinajstić information content (AvgIpc) is 3.77. The molecular weight excluding hydrogens is 616 g/mol. The van der Waals surface area contributed by atoms with E-state index in [2.05, 4.69) is 6.92 Å². The van der Waals surface area contributed by atoms with Crippen molar-refractivity contribution in [2.24, 2.45) is 28.1 Å². The first kappa shape index (κ1) is 33.9. The van der Waals surface area contributed by atoms with E-state index in [1.54, 1.807) is 25.5 Å². The van der Waals surface area contributed by atoms with E-state index in [0.717, 1.165) is 22.3 Å². The van der Waals surface area contributed by atoms with E-state index in [-0.39, 0.29) is 24.9 Å². The normalized spacial score (nSPS) is 38.6. The van der Waals surface area contributed by atoms with Crippen molar-refractivity contribution >= 4 is 30.3 Å². The summed E-state index contributed by atoms with van der Waals surface area (Å²) in [5, 5.41) is 11.7. The molecule has 2 aromatic rings. The molecular formula is C38H44O10. The summed E-state index contributed by atoms with van der Waals surface area (Å²) in [5.74, 6) is -3.22. The molecule has 0 unspecified atom stereocenters. The molecule has 10 heteroatoms. The molecule has 0 amide bonds. The third kappa shape index (κ3) is 5.15. The van der Waals surface area contributed by atoms with Gasteiger partial charge in [0, 0.05) is 48.5 Å². The van der Waals surface area contributed by atoms with Crippen molar-refractivity contribution in [3.8, 4) is 0 Å². The fraction of sp³-hybridized carbons (Fsp3) is 0.526. The molecule has 1 aliphatic heterocycles.